The van der Waals surface area contributed by atoms with Crippen LogP contribution in [-0.2, 0) is 6.61 Å². The van der Waals surface area contributed by atoms with E-state index >= 15 is 0 Å². The van der Waals surface area contributed by atoms with Crippen LogP contribution in [0.25, 0.3) is 0 Å². The summed E-state index contributed by atoms with van der Waals surface area (Å²) in [6, 6.07) is 17.0. The molecule has 0 unspecified atom stereocenters. The van der Waals surface area contributed by atoms with Gasteiger partial charge in [-0.05, 0) is 50.6 Å². The van der Waals surface area contributed by atoms with E-state index in [2.05, 4.69) is 0 Å². The van der Waals surface area contributed by atoms with Crippen LogP contribution in [0.15, 0.2) is 54.6 Å². The van der Waals surface area contributed by atoms with Gasteiger partial charge in [-0.1, -0.05) is 30.3 Å². The number of carboxylic acid groups (broad SMARTS) is 1. The normalized spacial score (nSPS) is 11.0. The monoisotopic (exact) mass is 299 g/mol. The van der Waals surface area contributed by atoms with Gasteiger partial charge in [-0.15, -0.1) is 0 Å². The fourth-order valence-corrected chi connectivity index (χ4v) is 2.22. The lowest BCUT2D eigenvalue weighted by atomic mass is 10.1. The van der Waals surface area contributed by atoms with Crippen LogP contribution in [0.4, 0.5) is 10.5 Å². The Kier molecular flexibility index (Phi) is 4.71. The second-order valence-electron chi connectivity index (χ2n) is 6.06. The third-order valence-corrected chi connectivity index (χ3v) is 3.21. The summed E-state index contributed by atoms with van der Waals surface area (Å²) in [6.07, 6.45) is -0.967. The molecule has 0 saturated carbocycles. The molecule has 2 rings (SSSR count). The van der Waals surface area contributed by atoms with Gasteiger partial charge in [0.05, 0.1) is 0 Å². The molecule has 1 N–H and O–H groups in total. The Morgan fingerprint density at radius 2 is 1.64 bits per heavy atom. The van der Waals surface area contributed by atoms with E-state index in [-0.39, 0.29) is 0 Å². The van der Waals surface area contributed by atoms with Crippen molar-refractivity contribution in [3.63, 3.8) is 0 Å². The van der Waals surface area contributed by atoms with Crippen molar-refractivity contribution in [2.45, 2.75) is 32.9 Å². The van der Waals surface area contributed by atoms with E-state index in [0.717, 1.165) is 5.56 Å². The Morgan fingerprint density at radius 1 is 1.05 bits per heavy atom. The van der Waals surface area contributed by atoms with Crippen molar-refractivity contribution in [3.05, 3.63) is 60.2 Å². The van der Waals surface area contributed by atoms with E-state index in [1.807, 2.05) is 51.1 Å². The second-order valence-corrected chi connectivity index (χ2v) is 6.06. The molecule has 4 heteroatoms. The lowest BCUT2D eigenvalue weighted by Gasteiger charge is -2.33. The Balaban J connectivity index is 2.08. The minimum Gasteiger partial charge on any atom is -0.489 e. The van der Waals surface area contributed by atoms with Crippen LogP contribution in [0.3, 0.4) is 0 Å². The molecule has 22 heavy (non-hydrogen) atoms. The number of amides is 1. The predicted molar refractivity (Wildman–Crippen MR) is 87.5 cm³/mol. The Hall–Kier alpha value is -2.49. The van der Waals surface area contributed by atoms with Crippen LogP contribution < -0.4 is 9.64 Å². The lowest BCUT2D eigenvalue weighted by molar-refractivity contribution is 0.195. The summed E-state index contributed by atoms with van der Waals surface area (Å²) in [5.41, 5.74) is 1.22. The third kappa shape index (κ3) is 4.01. The van der Waals surface area contributed by atoms with Crippen LogP contribution in [0.1, 0.15) is 26.3 Å². The molecule has 0 atom stereocenters. The maximum atomic E-state index is 11.4. The molecule has 0 aromatic heterocycles. The molecule has 0 saturated heterocycles. The van der Waals surface area contributed by atoms with Crippen molar-refractivity contribution in [3.8, 4) is 5.75 Å². The second kappa shape index (κ2) is 6.52. The van der Waals surface area contributed by atoms with Crippen molar-refractivity contribution in [2.24, 2.45) is 0 Å². The summed E-state index contributed by atoms with van der Waals surface area (Å²) in [5.74, 6) is 0.715. The van der Waals surface area contributed by atoms with E-state index in [4.69, 9.17) is 4.74 Å². The van der Waals surface area contributed by atoms with Crippen molar-refractivity contribution < 1.29 is 14.6 Å². The maximum absolute atomic E-state index is 11.4. The minimum atomic E-state index is -0.967. The van der Waals surface area contributed by atoms with Gasteiger partial charge in [-0.3, -0.25) is 4.90 Å². The lowest BCUT2D eigenvalue weighted by Crippen LogP contribution is -2.45. The number of benzene rings is 2. The quantitative estimate of drug-likeness (QED) is 0.901. The van der Waals surface area contributed by atoms with E-state index in [9.17, 15) is 9.90 Å². The molecule has 0 aliphatic rings. The standard InChI is InChI=1S/C18H21NO3/c1-18(2,3)19(17(20)21)15-9-11-16(12-10-15)22-13-14-7-5-4-6-8-14/h4-12H,13H2,1-3H3,(H,20,21). The molecule has 0 aliphatic carbocycles. The van der Waals surface area contributed by atoms with Crippen LogP contribution >= 0.6 is 0 Å². The van der Waals surface area contributed by atoms with Crippen LogP contribution in [0.2, 0.25) is 0 Å². The molecule has 0 bridgehead atoms. The molecular formula is C18H21NO3. The molecular weight excluding hydrogens is 278 g/mol. The third-order valence-electron chi connectivity index (χ3n) is 3.21. The van der Waals surface area contributed by atoms with Gasteiger partial charge in [-0.25, -0.2) is 4.79 Å². The Labute approximate surface area is 131 Å². The first kappa shape index (κ1) is 15.9. The van der Waals surface area contributed by atoms with Crippen LogP contribution in [0, 0.1) is 0 Å². The Morgan fingerprint density at radius 3 is 2.14 bits per heavy atom. The van der Waals surface area contributed by atoms with Crippen LogP contribution in [0.5, 0.6) is 5.75 Å². The van der Waals surface area contributed by atoms with E-state index < -0.39 is 11.6 Å². The van der Waals surface area contributed by atoms with Gasteiger partial charge in [0.25, 0.3) is 0 Å². The molecule has 116 valence electrons. The van der Waals surface area contributed by atoms with Gasteiger partial charge in [0.15, 0.2) is 0 Å². The summed E-state index contributed by atoms with van der Waals surface area (Å²) in [5, 5.41) is 9.38. The molecule has 2 aromatic rings. The number of ether oxygens (including phenoxy) is 1. The molecule has 0 heterocycles. The zero-order valence-electron chi connectivity index (χ0n) is 13.1. The first-order chi connectivity index (χ1) is 10.4. The molecule has 0 fully saturated rings. The number of carbonyl (C=O) groups is 1. The van der Waals surface area contributed by atoms with Gasteiger partial charge >= 0.3 is 6.09 Å². The largest absolute Gasteiger partial charge is 0.489 e. The SMILES string of the molecule is CC(C)(C)N(C(=O)O)c1ccc(OCc2ccccc2)cc1. The van der Waals surface area contributed by atoms with Gasteiger partial charge in [0.2, 0.25) is 0 Å². The fraction of sp³-hybridized carbons (Fsp3) is 0.278. The first-order valence-corrected chi connectivity index (χ1v) is 7.18. The molecule has 0 radical (unpaired) electrons. The average Bonchev–Trinajstić information content (AvgIpc) is 2.46. The molecule has 0 aliphatic heterocycles. The summed E-state index contributed by atoms with van der Waals surface area (Å²) >= 11 is 0. The zero-order chi connectivity index (χ0) is 16.2. The fourth-order valence-electron chi connectivity index (χ4n) is 2.22. The predicted octanol–water partition coefficient (Wildman–Crippen LogP) is 4.55. The van der Waals surface area contributed by atoms with Crippen molar-refractivity contribution >= 4 is 11.8 Å². The summed E-state index contributed by atoms with van der Waals surface area (Å²) in [4.78, 5) is 12.8. The average molecular weight is 299 g/mol. The van der Waals surface area contributed by atoms with Crippen molar-refractivity contribution in [2.75, 3.05) is 4.90 Å². The summed E-state index contributed by atoms with van der Waals surface area (Å²) in [6.45, 7) is 6.07. The highest BCUT2D eigenvalue weighted by Crippen LogP contribution is 2.26. The number of rotatable bonds is 4. The van der Waals surface area contributed by atoms with Crippen LogP contribution in [-0.4, -0.2) is 16.7 Å². The highest BCUT2D eigenvalue weighted by molar-refractivity contribution is 5.87. The minimum absolute atomic E-state index is 0.488. The van der Waals surface area contributed by atoms with E-state index in [0.29, 0.717) is 18.0 Å². The highest BCUT2D eigenvalue weighted by Gasteiger charge is 2.27. The number of hydrogen-bond donors (Lipinski definition) is 1. The number of hydrogen-bond acceptors (Lipinski definition) is 2. The van der Waals surface area contributed by atoms with E-state index in [1.165, 1.54) is 4.90 Å². The number of anilines is 1. The molecule has 2 aromatic carbocycles. The number of nitrogens with zero attached hydrogens (tertiary/aromatic N) is 1. The summed E-state index contributed by atoms with van der Waals surface area (Å²) in [7, 11) is 0. The van der Waals surface area contributed by atoms with E-state index in [1.54, 1.807) is 24.3 Å². The zero-order valence-corrected chi connectivity index (χ0v) is 13.1. The molecule has 1 amide bonds. The smallest absolute Gasteiger partial charge is 0.412 e. The maximum Gasteiger partial charge on any atom is 0.412 e. The summed E-state index contributed by atoms with van der Waals surface area (Å²) < 4.78 is 5.71. The van der Waals surface area contributed by atoms with Crippen molar-refractivity contribution in [1.29, 1.82) is 0 Å². The highest BCUT2D eigenvalue weighted by atomic mass is 16.5. The van der Waals surface area contributed by atoms with Gasteiger partial charge < -0.3 is 9.84 Å². The van der Waals surface area contributed by atoms with Crippen molar-refractivity contribution in [1.82, 2.24) is 0 Å². The van der Waals surface area contributed by atoms with Gasteiger partial charge in [-0.2, -0.15) is 0 Å². The topological polar surface area (TPSA) is 49.8 Å². The Bertz CT molecular complexity index is 615. The molecule has 4 nitrogen and oxygen atoms in total. The van der Waals surface area contributed by atoms with Gasteiger partial charge in [0.1, 0.15) is 12.4 Å². The van der Waals surface area contributed by atoms with Gasteiger partial charge in [0, 0.05) is 11.2 Å². The molecule has 0 spiro atoms. The first-order valence-electron chi connectivity index (χ1n) is 7.18.